The van der Waals surface area contributed by atoms with Crippen LogP contribution in [0.25, 0.3) is 0 Å². The first-order valence-electron chi connectivity index (χ1n) is 8.51. The number of anilines is 4. The van der Waals surface area contributed by atoms with Gasteiger partial charge in [-0.15, -0.1) is 0 Å². The minimum Gasteiger partial charge on any atom is -0.494 e. The summed E-state index contributed by atoms with van der Waals surface area (Å²) in [6, 6.07) is 12.6. The second-order valence-electron chi connectivity index (χ2n) is 5.80. The van der Waals surface area contributed by atoms with Gasteiger partial charge in [-0.25, -0.2) is 9.37 Å². The summed E-state index contributed by atoms with van der Waals surface area (Å²) in [5.74, 6) is 0.527. The highest BCUT2D eigenvalue weighted by atomic mass is 19.1. The maximum Gasteiger partial charge on any atom is 0.332 e. The van der Waals surface area contributed by atoms with E-state index in [1.54, 1.807) is 24.3 Å². The van der Waals surface area contributed by atoms with Crippen molar-refractivity contribution >= 4 is 28.8 Å². The highest BCUT2D eigenvalue weighted by molar-refractivity contribution is 5.69. The first-order valence-corrected chi connectivity index (χ1v) is 8.51. The first kappa shape index (κ1) is 19.0. The molecule has 1 heterocycles. The predicted octanol–water partition coefficient (Wildman–Crippen LogP) is 4.72. The number of hydrogen-bond donors (Lipinski definition) is 2. The second kappa shape index (κ2) is 8.30. The maximum absolute atomic E-state index is 13.1. The highest BCUT2D eigenvalue weighted by Gasteiger charge is 2.22. The van der Waals surface area contributed by atoms with Gasteiger partial charge in [-0.2, -0.15) is 4.98 Å². The average Bonchev–Trinajstić information content (AvgIpc) is 2.65. The number of benzene rings is 2. The molecule has 3 rings (SSSR count). The van der Waals surface area contributed by atoms with Gasteiger partial charge in [0.25, 0.3) is 0 Å². The quantitative estimate of drug-likeness (QED) is 0.449. The summed E-state index contributed by atoms with van der Waals surface area (Å²) in [6.45, 7) is 3.95. The molecule has 0 unspecified atom stereocenters. The fourth-order valence-corrected chi connectivity index (χ4v) is 2.53. The van der Waals surface area contributed by atoms with Crippen LogP contribution in [-0.2, 0) is 0 Å². The number of aromatic nitrogens is 2. The van der Waals surface area contributed by atoms with Gasteiger partial charge in [0.2, 0.25) is 11.8 Å². The summed E-state index contributed by atoms with van der Waals surface area (Å²) in [5, 5.41) is 17.4. The molecule has 144 valence electrons. The van der Waals surface area contributed by atoms with Gasteiger partial charge in [0.1, 0.15) is 17.3 Å². The van der Waals surface area contributed by atoms with E-state index in [9.17, 15) is 14.5 Å². The summed E-state index contributed by atoms with van der Waals surface area (Å²) in [4.78, 5) is 19.3. The SMILES string of the molecule is CCOc1ccc(Nc2nc(Nc3ccc(F)cc3)nc(C)c2[N+](=O)[O-])cc1. The Labute approximate surface area is 160 Å². The molecule has 0 aliphatic carbocycles. The molecule has 3 aromatic rings. The van der Waals surface area contributed by atoms with Crippen LogP contribution in [0.2, 0.25) is 0 Å². The molecule has 9 heteroatoms. The van der Waals surface area contributed by atoms with E-state index < -0.39 is 4.92 Å². The van der Waals surface area contributed by atoms with E-state index in [0.717, 1.165) is 0 Å². The summed E-state index contributed by atoms with van der Waals surface area (Å²) in [5.41, 5.74) is 1.13. The van der Waals surface area contributed by atoms with Crippen LogP contribution in [-0.4, -0.2) is 21.5 Å². The molecule has 0 fully saturated rings. The van der Waals surface area contributed by atoms with Gasteiger partial charge in [-0.3, -0.25) is 10.1 Å². The third kappa shape index (κ3) is 4.50. The molecule has 28 heavy (non-hydrogen) atoms. The normalized spacial score (nSPS) is 10.4. The van der Waals surface area contributed by atoms with Gasteiger partial charge >= 0.3 is 5.69 Å². The maximum atomic E-state index is 13.1. The number of hydrogen-bond acceptors (Lipinski definition) is 7. The summed E-state index contributed by atoms with van der Waals surface area (Å²) < 4.78 is 18.4. The van der Waals surface area contributed by atoms with Crippen molar-refractivity contribution in [2.75, 3.05) is 17.2 Å². The number of nitro groups is 1. The minimum atomic E-state index is -0.534. The molecule has 0 amide bonds. The van der Waals surface area contributed by atoms with Crippen molar-refractivity contribution in [1.82, 2.24) is 9.97 Å². The second-order valence-corrected chi connectivity index (χ2v) is 5.80. The molecule has 2 aromatic carbocycles. The first-order chi connectivity index (χ1) is 13.5. The van der Waals surface area contributed by atoms with Crippen molar-refractivity contribution < 1.29 is 14.1 Å². The molecule has 0 aliphatic rings. The van der Waals surface area contributed by atoms with Gasteiger partial charge in [0, 0.05) is 11.4 Å². The van der Waals surface area contributed by atoms with Crippen molar-refractivity contribution in [3.8, 4) is 5.75 Å². The Hall–Kier alpha value is -3.75. The largest absolute Gasteiger partial charge is 0.494 e. The lowest BCUT2D eigenvalue weighted by molar-refractivity contribution is -0.385. The van der Waals surface area contributed by atoms with Crippen LogP contribution in [0.15, 0.2) is 48.5 Å². The molecular weight excluding hydrogens is 365 g/mol. The Balaban J connectivity index is 1.91. The average molecular weight is 383 g/mol. The van der Waals surface area contributed by atoms with Gasteiger partial charge in [-0.05, 0) is 62.4 Å². The molecular formula is C19H18FN5O3. The van der Waals surface area contributed by atoms with Crippen molar-refractivity contribution in [2.45, 2.75) is 13.8 Å². The zero-order chi connectivity index (χ0) is 20.1. The summed E-state index contributed by atoms with van der Waals surface area (Å²) >= 11 is 0. The van der Waals surface area contributed by atoms with Crippen molar-refractivity contribution in [1.29, 1.82) is 0 Å². The van der Waals surface area contributed by atoms with Crippen LogP contribution >= 0.6 is 0 Å². The highest BCUT2D eigenvalue weighted by Crippen LogP contribution is 2.30. The van der Waals surface area contributed by atoms with E-state index >= 15 is 0 Å². The molecule has 0 saturated heterocycles. The molecule has 0 saturated carbocycles. The number of rotatable bonds is 7. The Kier molecular flexibility index (Phi) is 5.64. The standard InChI is InChI=1S/C19H18FN5O3/c1-3-28-16-10-8-14(9-11-16)22-18-17(25(26)27)12(2)21-19(24-18)23-15-6-4-13(20)5-7-15/h4-11H,3H2,1-2H3,(H2,21,22,23,24). The van der Waals surface area contributed by atoms with Gasteiger partial charge in [0.15, 0.2) is 0 Å². The van der Waals surface area contributed by atoms with Crippen LogP contribution in [0.3, 0.4) is 0 Å². The number of halogens is 1. The van der Waals surface area contributed by atoms with Crippen molar-refractivity contribution in [3.63, 3.8) is 0 Å². The van der Waals surface area contributed by atoms with Crippen molar-refractivity contribution in [3.05, 3.63) is 70.2 Å². The number of nitrogens with one attached hydrogen (secondary N) is 2. The fraction of sp³-hybridized carbons (Fsp3) is 0.158. The lowest BCUT2D eigenvalue weighted by Gasteiger charge is -2.11. The van der Waals surface area contributed by atoms with Crippen LogP contribution in [0.4, 0.5) is 33.2 Å². The number of aryl methyl sites for hydroxylation is 1. The Morgan fingerprint density at radius 3 is 2.25 bits per heavy atom. The number of nitrogens with zero attached hydrogens (tertiary/aromatic N) is 3. The van der Waals surface area contributed by atoms with Crippen LogP contribution < -0.4 is 15.4 Å². The Morgan fingerprint density at radius 1 is 1.04 bits per heavy atom. The minimum absolute atomic E-state index is 0.0475. The van der Waals surface area contributed by atoms with E-state index in [-0.39, 0.29) is 29.0 Å². The lowest BCUT2D eigenvalue weighted by Crippen LogP contribution is -2.07. The van der Waals surface area contributed by atoms with E-state index in [1.165, 1.54) is 31.2 Å². The zero-order valence-corrected chi connectivity index (χ0v) is 15.3. The molecule has 0 spiro atoms. The van der Waals surface area contributed by atoms with E-state index in [1.807, 2.05) is 6.92 Å². The Bertz CT molecular complexity index is 978. The molecule has 1 aromatic heterocycles. The molecule has 2 N–H and O–H groups in total. The molecule has 0 bridgehead atoms. The summed E-state index contributed by atoms with van der Waals surface area (Å²) in [7, 11) is 0. The van der Waals surface area contributed by atoms with E-state index in [0.29, 0.717) is 23.7 Å². The molecule has 8 nitrogen and oxygen atoms in total. The zero-order valence-electron chi connectivity index (χ0n) is 15.3. The van der Waals surface area contributed by atoms with Gasteiger partial charge in [0.05, 0.1) is 11.5 Å². The monoisotopic (exact) mass is 383 g/mol. The third-order valence-electron chi connectivity index (χ3n) is 3.77. The fourth-order valence-electron chi connectivity index (χ4n) is 2.53. The van der Waals surface area contributed by atoms with Gasteiger partial charge in [-0.1, -0.05) is 0 Å². The Morgan fingerprint density at radius 2 is 1.64 bits per heavy atom. The number of ether oxygens (including phenoxy) is 1. The van der Waals surface area contributed by atoms with E-state index in [2.05, 4.69) is 20.6 Å². The van der Waals surface area contributed by atoms with Crippen molar-refractivity contribution in [2.24, 2.45) is 0 Å². The lowest BCUT2D eigenvalue weighted by atomic mass is 10.3. The third-order valence-corrected chi connectivity index (χ3v) is 3.77. The molecule has 0 atom stereocenters. The van der Waals surface area contributed by atoms with E-state index in [4.69, 9.17) is 4.74 Å². The van der Waals surface area contributed by atoms with Gasteiger partial charge < -0.3 is 15.4 Å². The van der Waals surface area contributed by atoms with Crippen LogP contribution in [0.5, 0.6) is 5.75 Å². The van der Waals surface area contributed by atoms with Crippen LogP contribution in [0.1, 0.15) is 12.6 Å². The predicted molar refractivity (Wildman–Crippen MR) is 104 cm³/mol. The molecule has 0 aliphatic heterocycles. The van der Waals surface area contributed by atoms with Crippen LogP contribution in [0, 0.1) is 22.9 Å². The molecule has 0 radical (unpaired) electrons. The summed E-state index contributed by atoms with van der Waals surface area (Å²) in [6.07, 6.45) is 0. The topological polar surface area (TPSA) is 102 Å². The smallest absolute Gasteiger partial charge is 0.332 e.